The van der Waals surface area contributed by atoms with Crippen LogP contribution in [0.2, 0.25) is 0 Å². The molecule has 0 aliphatic carbocycles. The van der Waals surface area contributed by atoms with Gasteiger partial charge in [-0.3, -0.25) is 0 Å². The minimum absolute atomic E-state index is 0. The highest BCUT2D eigenvalue weighted by Crippen LogP contribution is 1.59. The lowest BCUT2D eigenvalue weighted by Crippen LogP contribution is -3.00. The van der Waals surface area contributed by atoms with Crippen LogP contribution in [-0.4, -0.2) is 12.1 Å². The number of guanidine groups is 1. The third kappa shape index (κ3) is 9.08. The van der Waals surface area contributed by atoms with Crippen molar-refractivity contribution >= 4 is 12.1 Å². The summed E-state index contributed by atoms with van der Waals surface area (Å²) in [4.78, 5) is 11.9. The predicted octanol–water partition coefficient (Wildman–Crippen LogP) is -5.93. The van der Waals surface area contributed by atoms with Gasteiger partial charge in [0.25, 0.3) is 0 Å². The molecule has 0 saturated carbocycles. The van der Waals surface area contributed by atoms with Crippen molar-refractivity contribution < 1.29 is 33.9 Å². The van der Waals surface area contributed by atoms with Gasteiger partial charge in [0, 0.05) is 0 Å². The van der Waals surface area contributed by atoms with E-state index in [1.54, 1.807) is 0 Å². The second kappa shape index (κ2) is 4.62. The lowest BCUT2D eigenvalue weighted by molar-refractivity contribution is -0.245. The van der Waals surface area contributed by atoms with Crippen molar-refractivity contribution in [3.8, 4) is 0 Å². The second-order valence-corrected chi connectivity index (χ2v) is 0.803. The van der Waals surface area contributed by atoms with Gasteiger partial charge in [0.1, 0.15) is 0 Å². The van der Waals surface area contributed by atoms with Gasteiger partial charge in [0.2, 0.25) is 24.0 Å². The Hall–Kier alpha value is -0.530. The molecule has 0 unspecified atom stereocenters. The summed E-state index contributed by atoms with van der Waals surface area (Å²) in [6, 6.07) is 0. The molecule has 1 amide bonds. The van der Waals surface area contributed by atoms with E-state index in [1.807, 2.05) is 0 Å². The van der Waals surface area contributed by atoms with Crippen LogP contribution in [0, 0.1) is 0 Å². The summed E-state index contributed by atoms with van der Waals surface area (Å²) in [7, 11) is 0. The molecule has 6 heteroatoms. The Balaban J connectivity index is 0. The van der Waals surface area contributed by atoms with Crippen LogP contribution in [0.5, 0.6) is 0 Å². The third-order valence-corrected chi connectivity index (χ3v) is 0.220. The maximum atomic E-state index is 9.35. The number of amides is 1. The van der Waals surface area contributed by atoms with E-state index < -0.39 is 12.1 Å². The number of halogens is 1. The minimum Gasteiger partial charge on any atom is -0.528 e. The van der Waals surface area contributed by atoms with E-state index in [0.717, 1.165) is 0 Å². The number of hydrogen-bond donors (Lipinski definition) is 2. The number of hydrogen-bond acceptors (Lipinski definition) is 2. The molecule has 0 aromatic rings. The molecule has 0 aromatic carbocycles. The summed E-state index contributed by atoms with van der Waals surface area (Å²) < 4.78 is 0. The highest BCUT2D eigenvalue weighted by atomic mass is 127. The van der Waals surface area contributed by atoms with Gasteiger partial charge in [0.05, 0.1) is 0 Å². The number of carbonyl (C=O) groups excluding carboxylic acids is 1. The van der Waals surface area contributed by atoms with Gasteiger partial charge in [-0.15, -0.1) is 0 Å². The largest absolute Gasteiger partial charge is 0.528 e. The van der Waals surface area contributed by atoms with Crippen molar-refractivity contribution in [1.82, 2.24) is 0 Å². The first kappa shape index (κ1) is 10.5. The standard InChI is InChI=1S/C2H5N3O2.H2I/c3-1(4)5-2(6)7;/h(H,6,7)(H4,3,4,5);1H2/q;+1/p-1. The van der Waals surface area contributed by atoms with Gasteiger partial charge in [-0.25, -0.2) is 0 Å². The number of nitrogens with two attached hydrogens (primary N) is 2. The zero-order valence-electron chi connectivity index (χ0n) is 3.87. The van der Waals surface area contributed by atoms with E-state index in [9.17, 15) is 9.90 Å². The molecule has 0 aliphatic heterocycles. The molecule has 0 heterocycles. The molecule has 5 nitrogen and oxygen atoms in total. The average molecular weight is 231 g/mol. The van der Waals surface area contributed by atoms with Crippen LogP contribution < -0.4 is 40.6 Å². The van der Waals surface area contributed by atoms with E-state index in [-0.39, 0.29) is 24.0 Å². The first-order valence-corrected chi connectivity index (χ1v) is 1.43. The van der Waals surface area contributed by atoms with Crippen LogP contribution in [0.15, 0.2) is 4.99 Å². The number of carbonyl (C=O) groups is 1. The number of rotatable bonds is 0. The van der Waals surface area contributed by atoms with Crippen molar-refractivity contribution in [1.29, 1.82) is 0 Å². The summed E-state index contributed by atoms with van der Waals surface area (Å²) >= 11 is 0. The quantitative estimate of drug-likeness (QED) is 0.246. The predicted molar refractivity (Wildman–Crippen MR) is 24.0 cm³/mol. The lowest BCUT2D eigenvalue weighted by atomic mass is 11.0. The molecule has 0 fully saturated rings. The fourth-order valence-corrected chi connectivity index (χ4v) is 0.105. The van der Waals surface area contributed by atoms with Crippen molar-refractivity contribution in [2.45, 2.75) is 0 Å². The Morgan fingerprint density at radius 1 is 1.50 bits per heavy atom. The van der Waals surface area contributed by atoms with E-state index in [2.05, 4.69) is 16.5 Å². The van der Waals surface area contributed by atoms with Crippen LogP contribution in [0.1, 0.15) is 0 Å². The molecule has 0 radical (unpaired) electrons. The Labute approximate surface area is 62.8 Å². The third-order valence-electron chi connectivity index (χ3n) is 0.220. The van der Waals surface area contributed by atoms with Crippen LogP contribution in [0.4, 0.5) is 4.79 Å². The van der Waals surface area contributed by atoms with Crippen molar-refractivity contribution in [2.75, 3.05) is 0 Å². The Kier molecular flexibility index (Phi) is 6.04. The molecule has 0 bridgehead atoms. The molecule has 0 atom stereocenters. The van der Waals surface area contributed by atoms with E-state index in [4.69, 9.17) is 0 Å². The molecule has 0 aliphatic rings. The Morgan fingerprint density at radius 2 is 1.88 bits per heavy atom. The summed E-state index contributed by atoms with van der Waals surface area (Å²) in [5, 5.41) is 9.35. The number of aliphatic imine (C=N–C) groups is 1. The van der Waals surface area contributed by atoms with Crippen LogP contribution in [0.25, 0.3) is 0 Å². The molecule has 0 saturated heterocycles. The van der Waals surface area contributed by atoms with Gasteiger partial charge in [-0.1, -0.05) is 0 Å². The zero-order chi connectivity index (χ0) is 5.86. The zero-order valence-corrected chi connectivity index (χ0v) is 6.42. The highest BCUT2D eigenvalue weighted by Gasteiger charge is 1.74. The first-order chi connectivity index (χ1) is 3.13. The maximum Gasteiger partial charge on any atom is 0.235 e. The smallest absolute Gasteiger partial charge is 0.235 e. The Morgan fingerprint density at radius 3 is 1.88 bits per heavy atom. The molecule has 4 N–H and O–H groups in total. The fourth-order valence-electron chi connectivity index (χ4n) is 0.105. The molecular weight excluding hydrogens is 225 g/mol. The second-order valence-electron chi connectivity index (χ2n) is 0.803. The van der Waals surface area contributed by atoms with E-state index >= 15 is 0 Å². The molecule has 0 aromatic heterocycles. The Bertz CT molecular complexity index is 108. The van der Waals surface area contributed by atoms with E-state index in [1.165, 1.54) is 0 Å². The average Bonchev–Trinajstić information content (AvgIpc) is 1.27. The highest BCUT2D eigenvalue weighted by molar-refractivity contribution is 5.86. The van der Waals surface area contributed by atoms with Gasteiger partial charge in [-0.05, 0) is 0 Å². The summed E-state index contributed by atoms with van der Waals surface area (Å²) in [6.45, 7) is 0. The minimum atomic E-state index is -1.62. The molecular formula is C2H6IN3O2. The molecule has 48 valence electrons. The van der Waals surface area contributed by atoms with Crippen molar-refractivity contribution in [2.24, 2.45) is 16.5 Å². The molecule has 8 heavy (non-hydrogen) atoms. The van der Waals surface area contributed by atoms with Crippen molar-refractivity contribution in [3.05, 3.63) is 0 Å². The van der Waals surface area contributed by atoms with Crippen molar-refractivity contribution in [3.63, 3.8) is 0 Å². The van der Waals surface area contributed by atoms with Crippen LogP contribution >= 0.6 is 0 Å². The van der Waals surface area contributed by atoms with Gasteiger partial charge in [-0.2, -0.15) is 4.99 Å². The molecule has 0 spiro atoms. The first-order valence-electron chi connectivity index (χ1n) is 1.43. The maximum absolute atomic E-state index is 9.35. The number of nitrogens with zero attached hydrogens (tertiary/aromatic N) is 1. The fraction of sp³-hybridized carbons (Fsp3) is 0. The SMILES string of the molecule is NC(N)=NC(=O)[O-].[IH2+]. The summed E-state index contributed by atoms with van der Waals surface area (Å²) in [5.41, 5.74) is 9.20. The summed E-state index contributed by atoms with van der Waals surface area (Å²) in [5.74, 6) is -0.500. The van der Waals surface area contributed by atoms with E-state index in [0.29, 0.717) is 0 Å². The number of carboxylic acid groups (broad SMARTS) is 1. The van der Waals surface area contributed by atoms with Gasteiger partial charge in [0.15, 0.2) is 12.1 Å². The monoisotopic (exact) mass is 231 g/mol. The molecule has 0 rings (SSSR count). The normalized spacial score (nSPS) is 6.50. The van der Waals surface area contributed by atoms with Crippen LogP contribution in [0.3, 0.4) is 0 Å². The summed E-state index contributed by atoms with van der Waals surface area (Å²) in [6.07, 6.45) is -1.62. The van der Waals surface area contributed by atoms with Gasteiger partial charge < -0.3 is 21.4 Å². The lowest BCUT2D eigenvalue weighted by Gasteiger charge is -1.89. The van der Waals surface area contributed by atoms with Gasteiger partial charge >= 0.3 is 0 Å². The van der Waals surface area contributed by atoms with Crippen LogP contribution in [-0.2, 0) is 0 Å². The topological polar surface area (TPSA) is 105 Å².